The van der Waals surface area contributed by atoms with Crippen molar-refractivity contribution in [3.63, 3.8) is 0 Å². The predicted octanol–water partition coefficient (Wildman–Crippen LogP) is 2.05. The average molecular weight is 436 g/mol. The Labute approximate surface area is 166 Å². The van der Waals surface area contributed by atoms with Crippen molar-refractivity contribution < 1.29 is 17.9 Å². The topological polar surface area (TPSA) is 110 Å². The highest BCUT2D eigenvalue weighted by Crippen LogP contribution is 2.36. The maximum absolute atomic E-state index is 12.7. The van der Waals surface area contributed by atoms with E-state index in [0.29, 0.717) is 6.54 Å². The van der Waals surface area contributed by atoms with Gasteiger partial charge in [0, 0.05) is 24.8 Å². The Kier molecular flexibility index (Phi) is 7.10. The summed E-state index contributed by atoms with van der Waals surface area (Å²) >= 11 is 12.3. The van der Waals surface area contributed by atoms with Crippen molar-refractivity contribution in [2.24, 2.45) is 0 Å². The molecule has 2 N–H and O–H groups in total. The number of halogens is 2. The number of H-pyrrole nitrogens is 1. The molecule has 0 fully saturated rings. The lowest BCUT2D eigenvalue weighted by Crippen LogP contribution is -2.29. The first-order chi connectivity index (χ1) is 12.7. The summed E-state index contributed by atoms with van der Waals surface area (Å²) in [6.45, 7) is 3.64. The quantitative estimate of drug-likeness (QED) is 0.462. The van der Waals surface area contributed by atoms with Gasteiger partial charge < -0.3 is 9.84 Å². The van der Waals surface area contributed by atoms with Gasteiger partial charge in [-0.3, -0.25) is 14.3 Å². The zero-order valence-corrected chi connectivity index (χ0v) is 17.0. The van der Waals surface area contributed by atoms with Crippen molar-refractivity contribution in [1.82, 2.24) is 14.5 Å². The number of carbonyl (C=O) groups is 1. The van der Waals surface area contributed by atoms with Gasteiger partial charge in [0.15, 0.2) is 5.75 Å². The van der Waals surface area contributed by atoms with Gasteiger partial charge in [-0.1, -0.05) is 23.2 Å². The van der Waals surface area contributed by atoms with Crippen molar-refractivity contribution >= 4 is 39.0 Å². The highest BCUT2D eigenvalue weighted by Gasteiger charge is 2.22. The lowest BCUT2D eigenvalue weighted by Gasteiger charge is -2.12. The SMILES string of the molecule is CCn1[nH]cc(C(=O)c2ccc(Cl)c(OCCNS(=O)(=O)CC)c2Cl)c1=O. The molecule has 1 aromatic carbocycles. The van der Waals surface area contributed by atoms with Crippen LogP contribution in [0.15, 0.2) is 23.1 Å². The zero-order chi connectivity index (χ0) is 20.2. The lowest BCUT2D eigenvalue weighted by atomic mass is 10.1. The van der Waals surface area contributed by atoms with Crippen LogP contribution in [0.2, 0.25) is 10.0 Å². The van der Waals surface area contributed by atoms with Gasteiger partial charge in [0.05, 0.1) is 15.8 Å². The summed E-state index contributed by atoms with van der Waals surface area (Å²) in [5.74, 6) is -0.572. The first kappa shape index (κ1) is 21.5. The smallest absolute Gasteiger partial charge is 0.277 e. The number of rotatable bonds is 9. The fourth-order valence-corrected chi connectivity index (χ4v) is 3.41. The van der Waals surface area contributed by atoms with E-state index in [9.17, 15) is 18.0 Å². The van der Waals surface area contributed by atoms with Gasteiger partial charge in [0.2, 0.25) is 15.8 Å². The Morgan fingerprint density at radius 3 is 2.56 bits per heavy atom. The molecular weight excluding hydrogens is 417 g/mol. The molecule has 0 aliphatic heterocycles. The summed E-state index contributed by atoms with van der Waals surface area (Å²) in [5, 5.41) is 2.81. The zero-order valence-electron chi connectivity index (χ0n) is 14.7. The van der Waals surface area contributed by atoms with Crippen molar-refractivity contribution in [2.45, 2.75) is 20.4 Å². The molecule has 0 atom stereocenters. The van der Waals surface area contributed by atoms with E-state index in [1.807, 2.05) is 0 Å². The van der Waals surface area contributed by atoms with Crippen LogP contribution < -0.4 is 15.0 Å². The second-order valence-electron chi connectivity index (χ2n) is 5.45. The molecule has 0 radical (unpaired) electrons. The van der Waals surface area contributed by atoms with Crippen molar-refractivity contribution in [3.05, 3.63) is 49.9 Å². The standard InChI is InChI=1S/C16H19Cl2N3O5S/c1-3-21-16(23)11(9-19-21)14(22)10-5-6-12(17)15(13(10)18)26-8-7-20-27(24,25)4-2/h5-6,9,19-20H,3-4,7-8H2,1-2H3. The maximum Gasteiger partial charge on any atom is 0.277 e. The van der Waals surface area contributed by atoms with Crippen LogP contribution in [0.25, 0.3) is 0 Å². The Morgan fingerprint density at radius 1 is 1.26 bits per heavy atom. The van der Waals surface area contributed by atoms with Crippen molar-refractivity contribution in [2.75, 3.05) is 18.9 Å². The van der Waals surface area contributed by atoms with E-state index >= 15 is 0 Å². The normalized spacial score (nSPS) is 11.6. The summed E-state index contributed by atoms with van der Waals surface area (Å²) in [4.78, 5) is 24.8. The van der Waals surface area contributed by atoms with Gasteiger partial charge in [-0.25, -0.2) is 13.1 Å². The van der Waals surface area contributed by atoms with Gasteiger partial charge in [-0.15, -0.1) is 0 Å². The number of aromatic nitrogens is 2. The van der Waals surface area contributed by atoms with Crippen molar-refractivity contribution in [3.8, 4) is 5.75 Å². The number of nitrogens with one attached hydrogen (secondary N) is 2. The number of aryl methyl sites for hydroxylation is 1. The first-order valence-corrected chi connectivity index (χ1v) is 10.5. The van der Waals surface area contributed by atoms with E-state index in [0.717, 1.165) is 0 Å². The molecule has 11 heteroatoms. The third-order valence-electron chi connectivity index (χ3n) is 3.75. The van der Waals surface area contributed by atoms with Crippen LogP contribution in [-0.2, 0) is 16.6 Å². The molecule has 0 unspecified atom stereocenters. The minimum atomic E-state index is -3.35. The van der Waals surface area contributed by atoms with E-state index in [1.54, 1.807) is 6.92 Å². The van der Waals surface area contributed by atoms with Crippen LogP contribution >= 0.6 is 23.2 Å². The van der Waals surface area contributed by atoms with Gasteiger partial charge in [0.1, 0.15) is 12.2 Å². The maximum atomic E-state index is 12.7. The molecule has 148 valence electrons. The summed E-state index contributed by atoms with van der Waals surface area (Å²) in [6.07, 6.45) is 1.32. The second kappa shape index (κ2) is 8.92. The van der Waals surface area contributed by atoms with E-state index in [-0.39, 0.29) is 45.8 Å². The summed E-state index contributed by atoms with van der Waals surface area (Å²) in [5.41, 5.74) is -0.447. The third-order valence-corrected chi connectivity index (χ3v) is 5.82. The fourth-order valence-electron chi connectivity index (χ4n) is 2.24. The number of benzene rings is 1. The molecule has 0 saturated carbocycles. The Morgan fingerprint density at radius 2 is 1.96 bits per heavy atom. The van der Waals surface area contributed by atoms with Gasteiger partial charge >= 0.3 is 0 Å². The molecule has 8 nitrogen and oxygen atoms in total. The van der Waals surface area contributed by atoms with Crippen LogP contribution in [0.3, 0.4) is 0 Å². The molecule has 0 aliphatic rings. The van der Waals surface area contributed by atoms with Crippen LogP contribution in [0.5, 0.6) is 5.75 Å². The number of ketones is 1. The Bertz CT molecular complexity index is 998. The number of nitrogens with zero attached hydrogens (tertiary/aromatic N) is 1. The van der Waals surface area contributed by atoms with Crippen molar-refractivity contribution in [1.29, 1.82) is 0 Å². The number of hydrogen-bond donors (Lipinski definition) is 2. The minimum absolute atomic E-state index is 0.0139. The number of ether oxygens (including phenoxy) is 1. The molecule has 0 amide bonds. The molecule has 0 aliphatic carbocycles. The van der Waals surface area contributed by atoms with Gasteiger partial charge in [0.25, 0.3) is 5.56 Å². The molecule has 0 bridgehead atoms. The molecule has 0 spiro atoms. The summed E-state index contributed by atoms with van der Waals surface area (Å²) in [6, 6.07) is 2.83. The van der Waals surface area contributed by atoms with E-state index in [2.05, 4.69) is 9.82 Å². The van der Waals surface area contributed by atoms with Crippen LogP contribution in [0.4, 0.5) is 0 Å². The number of aromatic amines is 1. The fraction of sp³-hybridized carbons (Fsp3) is 0.375. The molecule has 27 heavy (non-hydrogen) atoms. The number of carbonyl (C=O) groups excluding carboxylic acids is 1. The van der Waals surface area contributed by atoms with E-state index in [1.165, 1.54) is 29.9 Å². The number of sulfonamides is 1. The predicted molar refractivity (Wildman–Crippen MR) is 104 cm³/mol. The second-order valence-corrected chi connectivity index (χ2v) is 8.33. The number of hydrogen-bond acceptors (Lipinski definition) is 5. The lowest BCUT2D eigenvalue weighted by molar-refractivity contribution is 0.103. The van der Waals surface area contributed by atoms with Gasteiger partial charge in [-0.05, 0) is 26.0 Å². The third kappa shape index (κ3) is 4.92. The van der Waals surface area contributed by atoms with Gasteiger partial charge in [-0.2, -0.15) is 0 Å². The molecule has 1 heterocycles. The molecule has 2 rings (SSSR count). The van der Waals surface area contributed by atoms with E-state index < -0.39 is 21.4 Å². The minimum Gasteiger partial charge on any atom is -0.489 e. The summed E-state index contributed by atoms with van der Waals surface area (Å²) in [7, 11) is -3.35. The summed E-state index contributed by atoms with van der Waals surface area (Å²) < 4.78 is 31.9. The molecule has 2 aromatic rings. The Hall–Kier alpha value is -1.81. The highest BCUT2D eigenvalue weighted by molar-refractivity contribution is 7.89. The molecule has 0 saturated heterocycles. The van der Waals surface area contributed by atoms with Crippen LogP contribution in [-0.4, -0.2) is 42.9 Å². The van der Waals surface area contributed by atoms with E-state index in [4.69, 9.17) is 27.9 Å². The first-order valence-electron chi connectivity index (χ1n) is 8.12. The Balaban J connectivity index is 2.22. The average Bonchev–Trinajstić information content (AvgIpc) is 3.01. The largest absolute Gasteiger partial charge is 0.489 e. The monoisotopic (exact) mass is 435 g/mol. The van der Waals surface area contributed by atoms with Crippen LogP contribution in [0, 0.1) is 0 Å². The molecule has 1 aromatic heterocycles. The molecular formula is C16H19Cl2N3O5S. The van der Waals surface area contributed by atoms with Crippen LogP contribution in [0.1, 0.15) is 29.8 Å². The highest BCUT2D eigenvalue weighted by atomic mass is 35.5.